The summed E-state index contributed by atoms with van der Waals surface area (Å²) >= 11 is 0. The lowest BCUT2D eigenvalue weighted by molar-refractivity contribution is -0.125. The maximum atomic E-state index is 14.6. The number of carbonyl (C=O) groups is 1. The molecule has 1 atom stereocenters. The van der Waals surface area contributed by atoms with E-state index in [-0.39, 0.29) is 17.7 Å². The third kappa shape index (κ3) is 4.79. The first-order valence-corrected chi connectivity index (χ1v) is 12.2. The maximum Gasteiger partial charge on any atom is 0.145 e. The van der Waals surface area contributed by atoms with Crippen molar-refractivity contribution >= 4 is 22.3 Å². The summed E-state index contributed by atoms with van der Waals surface area (Å²) in [5.74, 6) is 0.169. The van der Waals surface area contributed by atoms with Crippen molar-refractivity contribution in [2.24, 2.45) is 5.92 Å². The van der Waals surface area contributed by atoms with E-state index in [0.717, 1.165) is 74.8 Å². The number of benzene rings is 1. The Kier molecular flexibility index (Phi) is 6.68. The zero-order valence-electron chi connectivity index (χ0n) is 19.0. The maximum absolute atomic E-state index is 14.6. The molecule has 0 bridgehead atoms. The number of fused-ring (bicyclic) bond motifs is 1. The minimum Gasteiger partial charge on any atom is -0.464 e. The molecule has 1 fully saturated rings. The topological polar surface area (TPSA) is 46.3 Å². The number of hydrogen-bond donors (Lipinski definition) is 0. The minimum absolute atomic E-state index is 0.144. The number of nitrogens with zero attached hydrogens (tertiary/aromatic N) is 2. The first kappa shape index (κ1) is 22.0. The molecule has 0 saturated heterocycles. The highest BCUT2D eigenvalue weighted by Gasteiger charge is 2.30. The molecule has 172 valence electrons. The first-order valence-electron chi connectivity index (χ1n) is 12.2. The van der Waals surface area contributed by atoms with Crippen molar-refractivity contribution in [2.75, 3.05) is 19.6 Å². The van der Waals surface area contributed by atoms with Crippen LogP contribution >= 0.6 is 0 Å². The van der Waals surface area contributed by atoms with Crippen molar-refractivity contribution in [3.8, 4) is 0 Å². The molecular weight excluding hydrogens is 415 g/mol. The molecule has 3 aromatic rings. The number of hydrogen-bond acceptors (Lipinski definition) is 4. The van der Waals surface area contributed by atoms with E-state index in [1.807, 2.05) is 24.3 Å². The Morgan fingerprint density at radius 3 is 2.79 bits per heavy atom. The van der Waals surface area contributed by atoms with E-state index in [2.05, 4.69) is 16.0 Å². The standard InChI is InChI=1S/C28H31FN2O2/c29-24-10-9-22-14-19-33-28(22)26(24)20-11-16-31(17-12-20)18-13-23(25-8-4-5-15-30-25)27(32)21-6-2-1-3-7-21/h4-5,8-11,14-15,19,21,23H,1-3,6-7,12-13,16-18H2. The average molecular weight is 447 g/mol. The SMILES string of the molecule is O=C(C1CCCCC1)C(CCN1CC=C(c2c(F)ccc3ccoc23)CC1)c1ccccn1. The largest absolute Gasteiger partial charge is 0.464 e. The number of furan rings is 1. The van der Waals surface area contributed by atoms with Gasteiger partial charge in [-0.15, -0.1) is 0 Å². The van der Waals surface area contributed by atoms with Gasteiger partial charge in [-0.2, -0.15) is 0 Å². The zero-order chi connectivity index (χ0) is 22.6. The molecule has 1 unspecified atom stereocenters. The van der Waals surface area contributed by atoms with Gasteiger partial charge in [0, 0.05) is 30.6 Å². The van der Waals surface area contributed by atoms with Crippen LogP contribution in [0.2, 0.25) is 0 Å². The Labute approximate surface area is 194 Å². The Morgan fingerprint density at radius 2 is 2.03 bits per heavy atom. The molecule has 2 aromatic heterocycles. The molecule has 0 N–H and O–H groups in total. The number of ketones is 1. The molecule has 5 rings (SSSR count). The molecule has 0 radical (unpaired) electrons. The second-order valence-corrected chi connectivity index (χ2v) is 9.37. The second kappa shape index (κ2) is 10.0. The lowest BCUT2D eigenvalue weighted by Crippen LogP contribution is -2.33. The minimum atomic E-state index is -0.231. The third-order valence-electron chi connectivity index (χ3n) is 7.31. The number of rotatable bonds is 7. The number of halogens is 1. The zero-order valence-corrected chi connectivity index (χ0v) is 19.0. The fraction of sp³-hybridized carbons (Fsp3) is 0.429. The van der Waals surface area contributed by atoms with Crippen molar-refractivity contribution in [1.82, 2.24) is 9.88 Å². The Hall–Kier alpha value is -2.79. The summed E-state index contributed by atoms with van der Waals surface area (Å²) in [6.07, 6.45) is 12.6. The fourth-order valence-corrected chi connectivity index (χ4v) is 5.45. The van der Waals surface area contributed by atoms with Crippen molar-refractivity contribution < 1.29 is 13.6 Å². The summed E-state index contributed by atoms with van der Waals surface area (Å²) in [7, 11) is 0. The molecule has 1 aromatic carbocycles. The molecule has 4 nitrogen and oxygen atoms in total. The quantitative estimate of drug-likeness (QED) is 0.422. The highest BCUT2D eigenvalue weighted by Crippen LogP contribution is 2.34. The number of Topliss-reactive ketones (excluding diaryl/α,β-unsaturated/α-hetero) is 1. The van der Waals surface area contributed by atoms with E-state index < -0.39 is 0 Å². The van der Waals surface area contributed by atoms with Gasteiger partial charge in [0.2, 0.25) is 0 Å². The van der Waals surface area contributed by atoms with E-state index in [1.165, 1.54) is 12.5 Å². The van der Waals surface area contributed by atoms with Gasteiger partial charge >= 0.3 is 0 Å². The van der Waals surface area contributed by atoms with Crippen molar-refractivity contribution in [3.05, 3.63) is 72.0 Å². The summed E-state index contributed by atoms with van der Waals surface area (Å²) in [4.78, 5) is 20.3. The monoisotopic (exact) mass is 446 g/mol. The van der Waals surface area contributed by atoms with Gasteiger partial charge in [-0.3, -0.25) is 14.7 Å². The first-order chi connectivity index (χ1) is 16.2. The van der Waals surface area contributed by atoms with Gasteiger partial charge in [-0.25, -0.2) is 4.39 Å². The van der Waals surface area contributed by atoms with Crippen LogP contribution in [0.15, 0.2) is 59.4 Å². The highest BCUT2D eigenvalue weighted by molar-refractivity contribution is 5.90. The molecule has 3 heterocycles. The molecule has 1 aliphatic heterocycles. The van der Waals surface area contributed by atoms with Crippen LogP contribution in [-0.4, -0.2) is 35.3 Å². The lowest BCUT2D eigenvalue weighted by atomic mass is 9.79. The van der Waals surface area contributed by atoms with Crippen LogP contribution in [-0.2, 0) is 4.79 Å². The Balaban J connectivity index is 1.28. The van der Waals surface area contributed by atoms with E-state index >= 15 is 0 Å². The van der Waals surface area contributed by atoms with Gasteiger partial charge in [0.1, 0.15) is 17.2 Å². The van der Waals surface area contributed by atoms with Gasteiger partial charge in [0.15, 0.2) is 0 Å². The van der Waals surface area contributed by atoms with Crippen LogP contribution in [0.4, 0.5) is 4.39 Å². The third-order valence-corrected chi connectivity index (χ3v) is 7.31. The smallest absolute Gasteiger partial charge is 0.145 e. The molecule has 33 heavy (non-hydrogen) atoms. The summed E-state index contributed by atoms with van der Waals surface area (Å²) < 4.78 is 20.2. The fourth-order valence-electron chi connectivity index (χ4n) is 5.45. The lowest BCUT2D eigenvalue weighted by Gasteiger charge is -2.29. The van der Waals surface area contributed by atoms with Crippen molar-refractivity contribution in [3.63, 3.8) is 0 Å². The van der Waals surface area contributed by atoms with Crippen LogP contribution < -0.4 is 0 Å². The van der Waals surface area contributed by atoms with E-state index in [0.29, 0.717) is 16.9 Å². The predicted molar refractivity (Wildman–Crippen MR) is 128 cm³/mol. The van der Waals surface area contributed by atoms with Crippen LogP contribution in [0.5, 0.6) is 0 Å². The van der Waals surface area contributed by atoms with Gasteiger partial charge < -0.3 is 4.42 Å². The van der Waals surface area contributed by atoms with Gasteiger partial charge in [-0.1, -0.05) is 31.4 Å². The van der Waals surface area contributed by atoms with E-state index in [1.54, 1.807) is 18.5 Å². The van der Waals surface area contributed by atoms with Crippen LogP contribution in [0.25, 0.3) is 16.5 Å². The van der Waals surface area contributed by atoms with Crippen LogP contribution in [0, 0.1) is 11.7 Å². The van der Waals surface area contributed by atoms with Gasteiger partial charge in [0.05, 0.1) is 23.4 Å². The average Bonchev–Trinajstić information content (AvgIpc) is 3.34. The summed E-state index contributed by atoms with van der Waals surface area (Å²) in [6, 6.07) is 11.0. The van der Waals surface area contributed by atoms with E-state index in [9.17, 15) is 9.18 Å². The molecule has 5 heteroatoms. The number of aromatic nitrogens is 1. The molecule has 0 spiro atoms. The van der Waals surface area contributed by atoms with E-state index in [4.69, 9.17) is 4.42 Å². The molecular formula is C28H31FN2O2. The van der Waals surface area contributed by atoms with Gasteiger partial charge in [-0.05, 0) is 68.1 Å². The summed E-state index contributed by atoms with van der Waals surface area (Å²) in [5, 5.41) is 0.925. The predicted octanol–water partition coefficient (Wildman–Crippen LogP) is 6.38. The number of carbonyl (C=O) groups excluding carboxylic acids is 1. The molecule has 2 aliphatic rings. The van der Waals surface area contributed by atoms with Crippen LogP contribution in [0.3, 0.4) is 0 Å². The van der Waals surface area contributed by atoms with Crippen LogP contribution in [0.1, 0.15) is 62.1 Å². The molecule has 1 saturated carbocycles. The number of pyridine rings is 1. The highest BCUT2D eigenvalue weighted by atomic mass is 19.1. The summed E-state index contributed by atoms with van der Waals surface area (Å²) in [5.41, 5.74) is 3.12. The molecule has 1 aliphatic carbocycles. The second-order valence-electron chi connectivity index (χ2n) is 9.37. The Bertz CT molecular complexity index is 1130. The Morgan fingerprint density at radius 1 is 1.15 bits per heavy atom. The van der Waals surface area contributed by atoms with Gasteiger partial charge in [0.25, 0.3) is 0 Å². The normalized spacial score (nSPS) is 18.9. The molecule has 0 amide bonds. The van der Waals surface area contributed by atoms with Crippen molar-refractivity contribution in [1.29, 1.82) is 0 Å². The van der Waals surface area contributed by atoms with Crippen molar-refractivity contribution in [2.45, 2.75) is 50.9 Å². The summed E-state index contributed by atoms with van der Waals surface area (Å²) in [6.45, 7) is 2.42.